The highest BCUT2D eigenvalue weighted by molar-refractivity contribution is 5.21. The van der Waals surface area contributed by atoms with Gasteiger partial charge in [0, 0.05) is 13.1 Å². The monoisotopic (exact) mass is 237 g/mol. The molecule has 1 atom stereocenters. The summed E-state index contributed by atoms with van der Waals surface area (Å²) in [4.78, 5) is 1.82. The van der Waals surface area contributed by atoms with E-state index in [4.69, 9.17) is 14.9 Å². The SMILES string of the molecule is C=CC(Oc1ccccc1)N(CCO)CCO. The topological polar surface area (TPSA) is 52.9 Å². The molecule has 1 aromatic carbocycles. The summed E-state index contributed by atoms with van der Waals surface area (Å²) in [5.74, 6) is 0.735. The Balaban J connectivity index is 2.65. The molecule has 1 aromatic rings. The predicted molar refractivity (Wildman–Crippen MR) is 66.8 cm³/mol. The van der Waals surface area contributed by atoms with E-state index in [0.29, 0.717) is 13.1 Å². The van der Waals surface area contributed by atoms with Crippen LogP contribution in [0.3, 0.4) is 0 Å². The minimum absolute atomic E-state index is 0.0164. The zero-order chi connectivity index (χ0) is 12.5. The Labute approximate surface area is 102 Å². The largest absolute Gasteiger partial charge is 0.472 e. The van der Waals surface area contributed by atoms with E-state index in [1.165, 1.54) is 0 Å². The lowest BCUT2D eigenvalue weighted by Crippen LogP contribution is -2.41. The molecule has 2 N–H and O–H groups in total. The second-order valence-corrected chi connectivity index (χ2v) is 3.54. The molecule has 1 rings (SSSR count). The summed E-state index contributed by atoms with van der Waals surface area (Å²) >= 11 is 0. The molecule has 4 heteroatoms. The first-order valence-electron chi connectivity index (χ1n) is 5.62. The van der Waals surface area contributed by atoms with Crippen LogP contribution in [-0.4, -0.2) is 47.6 Å². The molecule has 0 aliphatic carbocycles. The summed E-state index contributed by atoms with van der Waals surface area (Å²) in [6.45, 7) is 4.61. The van der Waals surface area contributed by atoms with Gasteiger partial charge >= 0.3 is 0 Å². The number of aliphatic hydroxyl groups is 2. The first-order chi connectivity index (χ1) is 8.31. The van der Waals surface area contributed by atoms with Crippen LogP contribution in [0.2, 0.25) is 0 Å². The third-order valence-corrected chi connectivity index (χ3v) is 2.34. The third-order valence-electron chi connectivity index (χ3n) is 2.34. The van der Waals surface area contributed by atoms with Gasteiger partial charge in [0.2, 0.25) is 0 Å². The molecule has 0 saturated heterocycles. The number of hydrogen-bond donors (Lipinski definition) is 2. The summed E-state index contributed by atoms with van der Waals surface area (Å²) in [5, 5.41) is 17.9. The molecular weight excluding hydrogens is 218 g/mol. The van der Waals surface area contributed by atoms with Crippen molar-refractivity contribution in [2.24, 2.45) is 0 Å². The van der Waals surface area contributed by atoms with E-state index in [2.05, 4.69) is 6.58 Å². The van der Waals surface area contributed by atoms with Crippen molar-refractivity contribution in [1.29, 1.82) is 0 Å². The van der Waals surface area contributed by atoms with Crippen LogP contribution in [0.5, 0.6) is 5.75 Å². The number of hydrogen-bond acceptors (Lipinski definition) is 4. The van der Waals surface area contributed by atoms with Crippen LogP contribution in [0.1, 0.15) is 0 Å². The van der Waals surface area contributed by atoms with Crippen molar-refractivity contribution in [2.45, 2.75) is 6.23 Å². The van der Waals surface area contributed by atoms with Gasteiger partial charge in [0.15, 0.2) is 6.23 Å². The lowest BCUT2D eigenvalue weighted by atomic mass is 10.3. The highest BCUT2D eigenvalue weighted by Gasteiger charge is 2.15. The van der Waals surface area contributed by atoms with Gasteiger partial charge in [0.25, 0.3) is 0 Å². The molecule has 0 aliphatic rings. The van der Waals surface area contributed by atoms with Gasteiger partial charge in [0.05, 0.1) is 13.2 Å². The number of ether oxygens (including phenoxy) is 1. The smallest absolute Gasteiger partial charge is 0.171 e. The van der Waals surface area contributed by atoms with Crippen molar-refractivity contribution in [3.8, 4) is 5.75 Å². The van der Waals surface area contributed by atoms with Crippen LogP contribution in [-0.2, 0) is 0 Å². The van der Waals surface area contributed by atoms with Crippen molar-refractivity contribution in [1.82, 2.24) is 4.90 Å². The highest BCUT2D eigenvalue weighted by Crippen LogP contribution is 2.13. The minimum Gasteiger partial charge on any atom is -0.472 e. The minimum atomic E-state index is -0.350. The summed E-state index contributed by atoms with van der Waals surface area (Å²) < 4.78 is 5.72. The molecular formula is C13H19NO3. The molecule has 0 spiro atoms. The lowest BCUT2D eigenvalue weighted by molar-refractivity contribution is 0.0359. The van der Waals surface area contributed by atoms with Crippen molar-refractivity contribution < 1.29 is 14.9 Å². The quantitative estimate of drug-likeness (QED) is 0.520. The van der Waals surface area contributed by atoms with Crippen LogP contribution in [0.25, 0.3) is 0 Å². The first kappa shape index (κ1) is 13.7. The number of benzene rings is 1. The van der Waals surface area contributed by atoms with E-state index in [9.17, 15) is 0 Å². The lowest BCUT2D eigenvalue weighted by Gasteiger charge is -2.28. The van der Waals surface area contributed by atoms with Crippen LogP contribution in [0.4, 0.5) is 0 Å². The number of aliphatic hydroxyl groups excluding tert-OH is 2. The maximum Gasteiger partial charge on any atom is 0.171 e. The van der Waals surface area contributed by atoms with Crippen molar-refractivity contribution in [3.05, 3.63) is 43.0 Å². The molecule has 0 saturated carbocycles. The standard InChI is InChI=1S/C13H19NO3/c1-2-13(14(8-10-15)9-11-16)17-12-6-4-3-5-7-12/h2-7,13,15-16H,1,8-11H2. The number of rotatable bonds is 8. The Morgan fingerprint density at radius 1 is 1.18 bits per heavy atom. The normalized spacial score (nSPS) is 12.4. The maximum absolute atomic E-state index is 8.96. The number of para-hydroxylation sites is 1. The zero-order valence-electron chi connectivity index (χ0n) is 9.83. The fourth-order valence-electron chi connectivity index (χ4n) is 1.53. The Bertz CT molecular complexity index is 310. The number of nitrogens with zero attached hydrogens (tertiary/aromatic N) is 1. The average molecular weight is 237 g/mol. The van der Waals surface area contributed by atoms with E-state index in [-0.39, 0.29) is 19.4 Å². The van der Waals surface area contributed by atoms with Gasteiger partial charge in [-0.05, 0) is 18.2 Å². The van der Waals surface area contributed by atoms with Gasteiger partial charge < -0.3 is 14.9 Å². The third kappa shape index (κ3) is 4.56. The molecule has 94 valence electrons. The van der Waals surface area contributed by atoms with Crippen molar-refractivity contribution >= 4 is 0 Å². The summed E-state index contributed by atoms with van der Waals surface area (Å²) in [6.07, 6.45) is 1.30. The summed E-state index contributed by atoms with van der Waals surface area (Å²) in [7, 11) is 0. The van der Waals surface area contributed by atoms with E-state index in [0.717, 1.165) is 5.75 Å². The molecule has 17 heavy (non-hydrogen) atoms. The van der Waals surface area contributed by atoms with Crippen LogP contribution in [0.15, 0.2) is 43.0 Å². The first-order valence-corrected chi connectivity index (χ1v) is 5.62. The van der Waals surface area contributed by atoms with Crippen molar-refractivity contribution in [3.63, 3.8) is 0 Å². The van der Waals surface area contributed by atoms with E-state index < -0.39 is 0 Å². The second kappa shape index (κ2) is 7.84. The van der Waals surface area contributed by atoms with Gasteiger partial charge in [-0.2, -0.15) is 0 Å². The fraction of sp³-hybridized carbons (Fsp3) is 0.385. The average Bonchev–Trinajstić information content (AvgIpc) is 2.37. The van der Waals surface area contributed by atoms with E-state index >= 15 is 0 Å². The van der Waals surface area contributed by atoms with Crippen LogP contribution >= 0.6 is 0 Å². The van der Waals surface area contributed by atoms with Gasteiger partial charge in [-0.15, -0.1) is 0 Å². The van der Waals surface area contributed by atoms with Gasteiger partial charge in [0.1, 0.15) is 5.75 Å². The van der Waals surface area contributed by atoms with Crippen molar-refractivity contribution in [2.75, 3.05) is 26.3 Å². The predicted octanol–water partition coefficient (Wildman–Crippen LogP) is 0.864. The zero-order valence-corrected chi connectivity index (χ0v) is 9.83. The molecule has 0 aliphatic heterocycles. The van der Waals surface area contributed by atoms with E-state index in [1.54, 1.807) is 6.08 Å². The summed E-state index contributed by atoms with van der Waals surface area (Å²) in [5.41, 5.74) is 0. The molecule has 0 aromatic heterocycles. The van der Waals surface area contributed by atoms with Gasteiger partial charge in [-0.25, -0.2) is 0 Å². The van der Waals surface area contributed by atoms with Crippen LogP contribution < -0.4 is 4.74 Å². The van der Waals surface area contributed by atoms with Gasteiger partial charge in [-0.3, -0.25) is 4.90 Å². The molecule has 0 heterocycles. The Morgan fingerprint density at radius 3 is 2.24 bits per heavy atom. The summed E-state index contributed by atoms with van der Waals surface area (Å²) in [6, 6.07) is 9.39. The molecule has 1 unspecified atom stereocenters. The maximum atomic E-state index is 8.96. The Hall–Kier alpha value is -1.36. The van der Waals surface area contributed by atoms with E-state index in [1.807, 2.05) is 35.2 Å². The fourth-order valence-corrected chi connectivity index (χ4v) is 1.53. The molecule has 4 nitrogen and oxygen atoms in total. The van der Waals surface area contributed by atoms with Crippen LogP contribution in [0, 0.1) is 0 Å². The molecule has 0 bridgehead atoms. The Morgan fingerprint density at radius 2 is 1.76 bits per heavy atom. The Kier molecular flexibility index (Phi) is 6.32. The molecule has 0 radical (unpaired) electrons. The highest BCUT2D eigenvalue weighted by atomic mass is 16.5. The van der Waals surface area contributed by atoms with Gasteiger partial charge in [-0.1, -0.05) is 24.8 Å². The molecule has 0 amide bonds. The second-order valence-electron chi connectivity index (χ2n) is 3.54. The molecule has 0 fully saturated rings.